The van der Waals surface area contributed by atoms with Crippen molar-refractivity contribution in [3.05, 3.63) is 65.4 Å². The van der Waals surface area contributed by atoms with E-state index in [9.17, 15) is 4.79 Å². The van der Waals surface area contributed by atoms with Crippen molar-refractivity contribution in [2.45, 2.75) is 52.2 Å². The summed E-state index contributed by atoms with van der Waals surface area (Å²) in [5.74, 6) is 2.60. The van der Waals surface area contributed by atoms with E-state index in [1.54, 1.807) is 12.1 Å². The summed E-state index contributed by atoms with van der Waals surface area (Å²) in [6.45, 7) is 4.37. The predicted molar refractivity (Wildman–Crippen MR) is 136 cm³/mol. The highest BCUT2D eigenvalue weighted by Gasteiger charge is 2.23. The van der Waals surface area contributed by atoms with Gasteiger partial charge in [0.25, 0.3) is 11.1 Å². The van der Waals surface area contributed by atoms with Crippen LogP contribution in [0.15, 0.2) is 48.5 Å². The lowest BCUT2D eigenvalue weighted by Crippen LogP contribution is -2.41. The number of pyridine rings is 1. The lowest BCUT2D eigenvalue weighted by atomic mass is 9.94. The van der Waals surface area contributed by atoms with E-state index in [1.165, 1.54) is 24.1 Å². The van der Waals surface area contributed by atoms with E-state index >= 15 is 0 Å². The summed E-state index contributed by atoms with van der Waals surface area (Å²) in [6, 6.07) is 15.4. The zero-order chi connectivity index (χ0) is 23.4. The second kappa shape index (κ2) is 10.0. The van der Waals surface area contributed by atoms with Gasteiger partial charge in [0.05, 0.1) is 6.10 Å². The SMILES string of the molecule is C#CC[n+]1c2c(cc3cc(NC(=O)c4cccc(NC(=S)OC(C)C)c4)ccc31)CCCC2. The van der Waals surface area contributed by atoms with Gasteiger partial charge in [-0.2, -0.15) is 4.57 Å². The van der Waals surface area contributed by atoms with Gasteiger partial charge in [0.1, 0.15) is 0 Å². The largest absolute Gasteiger partial charge is 0.468 e. The molecule has 0 aliphatic heterocycles. The fourth-order valence-corrected chi connectivity index (χ4v) is 4.59. The number of fused-ring (bicyclic) bond motifs is 2. The maximum absolute atomic E-state index is 12.9. The first-order chi connectivity index (χ1) is 15.9. The Morgan fingerprint density at radius 2 is 1.91 bits per heavy atom. The molecule has 0 atom stereocenters. The van der Waals surface area contributed by atoms with Crippen LogP contribution >= 0.6 is 12.2 Å². The standard InChI is InChI=1S/C27H27N3O2S/c1-4-14-30-24-11-6-5-8-19(24)15-21-17-23(12-13-25(21)30)28-26(31)20-9-7-10-22(16-20)29-27(33)32-18(2)3/h1,7,9-10,12-13,15-18H,5-6,8,11,14H2,2-3H3,(H-,28,29,31,33)/p+1. The van der Waals surface area contributed by atoms with Gasteiger partial charge in [-0.3, -0.25) is 4.79 Å². The molecule has 0 saturated heterocycles. The maximum atomic E-state index is 12.9. The van der Waals surface area contributed by atoms with Gasteiger partial charge in [-0.25, -0.2) is 0 Å². The van der Waals surface area contributed by atoms with E-state index in [-0.39, 0.29) is 17.2 Å². The van der Waals surface area contributed by atoms with Gasteiger partial charge in [0.15, 0.2) is 5.69 Å². The number of terminal acetylenes is 1. The molecule has 1 aliphatic carbocycles. The molecule has 1 aliphatic rings. The van der Waals surface area contributed by atoms with Crippen molar-refractivity contribution in [2.24, 2.45) is 0 Å². The number of aryl methyl sites for hydroxylation is 1. The van der Waals surface area contributed by atoms with Gasteiger partial charge in [-0.15, -0.1) is 6.42 Å². The molecule has 2 N–H and O–H groups in total. The Labute approximate surface area is 200 Å². The molecule has 0 spiro atoms. The number of amides is 1. The lowest BCUT2D eigenvalue weighted by molar-refractivity contribution is -0.667. The number of aromatic nitrogens is 1. The number of carbonyl (C=O) groups excluding carboxylic acids is 1. The van der Waals surface area contributed by atoms with Gasteiger partial charge < -0.3 is 15.4 Å². The normalized spacial score (nSPS) is 12.7. The summed E-state index contributed by atoms with van der Waals surface area (Å²) < 4.78 is 7.71. The number of benzene rings is 2. The number of thiocarbonyl (C=S) groups is 1. The summed E-state index contributed by atoms with van der Waals surface area (Å²) in [4.78, 5) is 12.9. The first kappa shape index (κ1) is 22.8. The Kier molecular flexibility index (Phi) is 6.90. The third kappa shape index (κ3) is 5.32. The molecule has 0 saturated carbocycles. The molecule has 4 rings (SSSR count). The van der Waals surface area contributed by atoms with Crippen LogP contribution in [0.4, 0.5) is 11.4 Å². The first-order valence-corrected chi connectivity index (χ1v) is 11.7. The van der Waals surface area contributed by atoms with Crippen molar-refractivity contribution < 1.29 is 14.1 Å². The number of carbonyl (C=O) groups is 1. The molecule has 0 unspecified atom stereocenters. The highest BCUT2D eigenvalue weighted by Crippen LogP contribution is 2.25. The molecule has 0 fully saturated rings. The lowest BCUT2D eigenvalue weighted by Gasteiger charge is -2.16. The van der Waals surface area contributed by atoms with E-state index in [0.29, 0.717) is 17.8 Å². The second-order valence-corrected chi connectivity index (χ2v) is 8.87. The van der Waals surface area contributed by atoms with E-state index in [1.807, 2.05) is 44.2 Å². The third-order valence-electron chi connectivity index (χ3n) is 5.68. The van der Waals surface area contributed by atoms with Crippen LogP contribution in [0.25, 0.3) is 10.9 Å². The molecule has 33 heavy (non-hydrogen) atoms. The van der Waals surface area contributed by atoms with Crippen molar-refractivity contribution >= 4 is 45.6 Å². The maximum Gasteiger partial charge on any atom is 0.261 e. The van der Waals surface area contributed by atoms with Crippen molar-refractivity contribution in [1.82, 2.24) is 0 Å². The molecule has 1 heterocycles. The van der Waals surface area contributed by atoms with Crippen LogP contribution in [0.3, 0.4) is 0 Å². The number of nitrogens with one attached hydrogen (secondary N) is 2. The number of anilines is 2. The fourth-order valence-electron chi connectivity index (χ4n) is 4.28. The summed E-state index contributed by atoms with van der Waals surface area (Å²) in [7, 11) is 0. The average Bonchev–Trinajstić information content (AvgIpc) is 2.78. The van der Waals surface area contributed by atoms with Crippen LogP contribution in [0.1, 0.15) is 48.3 Å². The highest BCUT2D eigenvalue weighted by molar-refractivity contribution is 7.80. The number of nitrogens with zero attached hydrogens (tertiary/aromatic N) is 1. The number of hydrogen-bond acceptors (Lipinski definition) is 3. The Morgan fingerprint density at radius 3 is 2.70 bits per heavy atom. The molecular formula is C27H28N3O2S+. The fraction of sp³-hybridized carbons (Fsp3) is 0.296. The quantitative estimate of drug-likeness (QED) is 0.321. The molecule has 0 bridgehead atoms. The van der Waals surface area contributed by atoms with Gasteiger partial charge in [0, 0.05) is 40.4 Å². The van der Waals surface area contributed by atoms with Crippen molar-refractivity contribution in [1.29, 1.82) is 0 Å². The molecule has 6 heteroatoms. The van der Waals surface area contributed by atoms with E-state index in [4.69, 9.17) is 23.4 Å². The molecular weight excluding hydrogens is 430 g/mol. The molecule has 1 aromatic heterocycles. The summed E-state index contributed by atoms with van der Waals surface area (Å²) in [6.07, 6.45) is 10.2. The summed E-state index contributed by atoms with van der Waals surface area (Å²) in [5.41, 5.74) is 5.76. The minimum Gasteiger partial charge on any atom is -0.468 e. The molecule has 2 aromatic carbocycles. The average molecular weight is 459 g/mol. The summed E-state index contributed by atoms with van der Waals surface area (Å²) >= 11 is 5.19. The summed E-state index contributed by atoms with van der Waals surface area (Å²) in [5, 5.41) is 7.39. The van der Waals surface area contributed by atoms with E-state index in [2.05, 4.69) is 27.2 Å². The number of ether oxygens (including phenoxy) is 1. The molecule has 168 valence electrons. The zero-order valence-electron chi connectivity index (χ0n) is 19.0. The van der Waals surface area contributed by atoms with Crippen molar-refractivity contribution in [3.63, 3.8) is 0 Å². The smallest absolute Gasteiger partial charge is 0.261 e. The van der Waals surface area contributed by atoms with Crippen LogP contribution < -0.4 is 15.2 Å². The van der Waals surface area contributed by atoms with E-state index in [0.717, 1.165) is 29.4 Å². The topological polar surface area (TPSA) is 54.2 Å². The highest BCUT2D eigenvalue weighted by atomic mass is 32.1. The van der Waals surface area contributed by atoms with Crippen LogP contribution in [0.2, 0.25) is 0 Å². The molecule has 1 amide bonds. The van der Waals surface area contributed by atoms with Crippen LogP contribution in [0, 0.1) is 12.3 Å². The number of rotatable bonds is 5. The third-order valence-corrected chi connectivity index (χ3v) is 5.87. The first-order valence-electron chi connectivity index (χ1n) is 11.3. The minimum atomic E-state index is -0.192. The second-order valence-electron chi connectivity index (χ2n) is 8.50. The van der Waals surface area contributed by atoms with Crippen LogP contribution in [0.5, 0.6) is 0 Å². The van der Waals surface area contributed by atoms with Crippen molar-refractivity contribution in [2.75, 3.05) is 10.6 Å². The Hall–Kier alpha value is -3.43. The van der Waals surface area contributed by atoms with Gasteiger partial charge >= 0.3 is 0 Å². The Bertz CT molecular complexity index is 1260. The zero-order valence-corrected chi connectivity index (χ0v) is 19.8. The molecule has 5 nitrogen and oxygen atoms in total. The van der Waals surface area contributed by atoms with Gasteiger partial charge in [0.2, 0.25) is 12.1 Å². The van der Waals surface area contributed by atoms with Crippen molar-refractivity contribution in [3.8, 4) is 12.3 Å². The Morgan fingerprint density at radius 1 is 1.12 bits per heavy atom. The Balaban J connectivity index is 1.57. The van der Waals surface area contributed by atoms with Gasteiger partial charge in [-0.05, 0) is 87.6 Å². The molecule has 0 radical (unpaired) electrons. The van der Waals surface area contributed by atoms with E-state index < -0.39 is 0 Å². The minimum absolute atomic E-state index is 0.0192. The predicted octanol–water partition coefficient (Wildman–Crippen LogP) is 5.01. The van der Waals surface area contributed by atoms with Crippen LogP contribution in [-0.4, -0.2) is 17.2 Å². The number of hydrogen-bond donors (Lipinski definition) is 2. The monoisotopic (exact) mass is 458 g/mol. The van der Waals surface area contributed by atoms with Crippen LogP contribution in [-0.2, 0) is 24.1 Å². The van der Waals surface area contributed by atoms with Gasteiger partial charge in [-0.1, -0.05) is 6.07 Å². The molecule has 3 aromatic rings.